The van der Waals surface area contributed by atoms with E-state index in [-0.39, 0.29) is 29.1 Å². The lowest BCUT2D eigenvalue weighted by Crippen LogP contribution is -2.42. The Morgan fingerprint density at radius 2 is 1.88 bits per heavy atom. The number of benzene rings is 1. The molecule has 7 heteroatoms. The van der Waals surface area contributed by atoms with Crippen LogP contribution in [0.1, 0.15) is 35.7 Å². The van der Waals surface area contributed by atoms with E-state index in [1.165, 1.54) is 12.1 Å². The van der Waals surface area contributed by atoms with E-state index in [9.17, 15) is 19.5 Å². The number of esters is 2. The van der Waals surface area contributed by atoms with Crippen molar-refractivity contribution in [2.75, 3.05) is 26.3 Å². The van der Waals surface area contributed by atoms with Gasteiger partial charge in [0.2, 0.25) is 0 Å². The van der Waals surface area contributed by atoms with Gasteiger partial charge in [-0.05, 0) is 38.8 Å². The zero-order valence-corrected chi connectivity index (χ0v) is 14.5. The van der Waals surface area contributed by atoms with Crippen LogP contribution in [-0.2, 0) is 19.1 Å². The highest BCUT2D eigenvalue weighted by atomic mass is 16.5. The predicted octanol–water partition coefficient (Wildman–Crippen LogP) is 1.66. The first-order valence-corrected chi connectivity index (χ1v) is 8.33. The van der Waals surface area contributed by atoms with Crippen LogP contribution in [-0.4, -0.2) is 54.2 Å². The molecule has 25 heavy (non-hydrogen) atoms. The Bertz CT molecular complexity index is 649. The first-order valence-electron chi connectivity index (χ1n) is 8.33. The van der Waals surface area contributed by atoms with E-state index >= 15 is 0 Å². The van der Waals surface area contributed by atoms with E-state index < -0.39 is 12.6 Å². The van der Waals surface area contributed by atoms with Crippen molar-refractivity contribution in [2.24, 2.45) is 5.92 Å². The number of hydrogen-bond acceptors (Lipinski definition) is 6. The van der Waals surface area contributed by atoms with Crippen molar-refractivity contribution in [3.05, 3.63) is 29.3 Å². The summed E-state index contributed by atoms with van der Waals surface area (Å²) in [7, 11) is 0. The van der Waals surface area contributed by atoms with Crippen LogP contribution in [0.2, 0.25) is 0 Å². The highest BCUT2D eigenvalue weighted by Crippen LogP contribution is 2.20. The SMILES string of the molecule is CCOC(=O)C1CCN(C(=O)COC(=O)c2cc(C)ccc2O)CC1. The van der Waals surface area contributed by atoms with Gasteiger partial charge in [-0.25, -0.2) is 4.79 Å². The zero-order valence-electron chi connectivity index (χ0n) is 14.5. The third-order valence-electron chi connectivity index (χ3n) is 4.17. The molecule has 1 amide bonds. The smallest absolute Gasteiger partial charge is 0.342 e. The molecular weight excluding hydrogens is 326 g/mol. The fourth-order valence-electron chi connectivity index (χ4n) is 2.73. The lowest BCUT2D eigenvalue weighted by atomic mass is 9.97. The van der Waals surface area contributed by atoms with Crippen molar-refractivity contribution in [3.8, 4) is 5.75 Å². The van der Waals surface area contributed by atoms with E-state index in [0.717, 1.165) is 5.56 Å². The third-order valence-corrected chi connectivity index (χ3v) is 4.17. The Labute approximate surface area is 146 Å². The number of aromatic hydroxyl groups is 1. The second kappa shape index (κ2) is 8.50. The Hall–Kier alpha value is -2.57. The summed E-state index contributed by atoms with van der Waals surface area (Å²) in [6, 6.07) is 4.59. The molecule has 1 saturated heterocycles. The van der Waals surface area contributed by atoms with Gasteiger partial charge in [0, 0.05) is 13.1 Å². The van der Waals surface area contributed by atoms with Gasteiger partial charge < -0.3 is 19.5 Å². The van der Waals surface area contributed by atoms with Crippen LogP contribution in [0.4, 0.5) is 0 Å². The van der Waals surface area contributed by atoms with Gasteiger partial charge in [0.1, 0.15) is 11.3 Å². The number of amides is 1. The molecule has 1 aliphatic heterocycles. The quantitative estimate of drug-likeness (QED) is 0.813. The standard InChI is InChI=1S/C18H23NO6/c1-3-24-17(22)13-6-8-19(9-7-13)16(21)11-25-18(23)14-10-12(2)4-5-15(14)20/h4-5,10,13,20H,3,6-9,11H2,1-2H3. The van der Waals surface area contributed by atoms with Gasteiger partial charge in [-0.1, -0.05) is 11.6 Å². The molecule has 1 N–H and O–H groups in total. The highest BCUT2D eigenvalue weighted by Gasteiger charge is 2.28. The number of rotatable bonds is 5. The lowest BCUT2D eigenvalue weighted by Gasteiger charge is -2.30. The number of carbonyl (C=O) groups is 3. The van der Waals surface area contributed by atoms with Crippen LogP contribution in [0.15, 0.2) is 18.2 Å². The van der Waals surface area contributed by atoms with Crippen LogP contribution in [0.5, 0.6) is 5.75 Å². The molecule has 1 aliphatic rings. The molecule has 7 nitrogen and oxygen atoms in total. The number of ether oxygens (including phenoxy) is 2. The molecule has 136 valence electrons. The van der Waals surface area contributed by atoms with Crippen molar-refractivity contribution in [2.45, 2.75) is 26.7 Å². The molecule has 1 heterocycles. The molecule has 1 aromatic rings. The maximum absolute atomic E-state index is 12.2. The van der Waals surface area contributed by atoms with E-state index in [4.69, 9.17) is 9.47 Å². The van der Waals surface area contributed by atoms with Crippen molar-refractivity contribution >= 4 is 17.8 Å². The van der Waals surface area contributed by atoms with Crippen LogP contribution in [0.25, 0.3) is 0 Å². The van der Waals surface area contributed by atoms with Gasteiger partial charge in [0.15, 0.2) is 6.61 Å². The van der Waals surface area contributed by atoms with Gasteiger partial charge in [-0.15, -0.1) is 0 Å². The number of likely N-dealkylation sites (tertiary alicyclic amines) is 1. The van der Waals surface area contributed by atoms with Crippen molar-refractivity contribution in [1.29, 1.82) is 0 Å². The molecule has 0 aliphatic carbocycles. The Balaban J connectivity index is 1.82. The van der Waals surface area contributed by atoms with Crippen molar-refractivity contribution < 1.29 is 29.0 Å². The topological polar surface area (TPSA) is 93.1 Å². The first kappa shape index (κ1) is 18.8. The number of piperidine rings is 1. The minimum Gasteiger partial charge on any atom is -0.507 e. The normalized spacial score (nSPS) is 14.9. The molecule has 1 fully saturated rings. The van der Waals surface area contributed by atoms with Crippen molar-refractivity contribution in [3.63, 3.8) is 0 Å². The van der Waals surface area contributed by atoms with Crippen LogP contribution >= 0.6 is 0 Å². The summed E-state index contributed by atoms with van der Waals surface area (Å²) in [6.45, 7) is 4.35. The fourth-order valence-corrected chi connectivity index (χ4v) is 2.73. The summed E-state index contributed by atoms with van der Waals surface area (Å²) in [5.41, 5.74) is 0.839. The number of nitrogens with zero attached hydrogens (tertiary/aromatic N) is 1. The molecule has 2 rings (SSSR count). The molecule has 0 unspecified atom stereocenters. The second-order valence-electron chi connectivity index (χ2n) is 6.00. The highest BCUT2D eigenvalue weighted by molar-refractivity contribution is 5.94. The van der Waals surface area contributed by atoms with Gasteiger partial charge >= 0.3 is 11.9 Å². The summed E-state index contributed by atoms with van der Waals surface area (Å²) < 4.78 is 10.0. The molecule has 0 radical (unpaired) electrons. The van der Waals surface area contributed by atoms with E-state index in [2.05, 4.69) is 0 Å². The minimum absolute atomic E-state index is 0.0359. The largest absolute Gasteiger partial charge is 0.507 e. The van der Waals surface area contributed by atoms with Crippen LogP contribution in [0, 0.1) is 12.8 Å². The molecule has 0 spiro atoms. The van der Waals surface area contributed by atoms with Gasteiger partial charge in [-0.2, -0.15) is 0 Å². The summed E-state index contributed by atoms with van der Waals surface area (Å²) >= 11 is 0. The Kier molecular flexibility index (Phi) is 6.38. The average molecular weight is 349 g/mol. The summed E-state index contributed by atoms with van der Waals surface area (Å²) in [6.07, 6.45) is 1.08. The minimum atomic E-state index is -0.740. The van der Waals surface area contributed by atoms with Gasteiger partial charge in [0.25, 0.3) is 5.91 Å². The summed E-state index contributed by atoms with van der Waals surface area (Å²) in [5, 5.41) is 9.70. The van der Waals surface area contributed by atoms with E-state index in [1.807, 2.05) is 0 Å². The molecule has 1 aromatic carbocycles. The van der Waals surface area contributed by atoms with E-state index in [1.54, 1.807) is 24.8 Å². The number of aryl methyl sites for hydroxylation is 1. The second-order valence-corrected chi connectivity index (χ2v) is 6.00. The fraction of sp³-hybridized carbons (Fsp3) is 0.500. The number of hydrogen-bond donors (Lipinski definition) is 1. The molecular formula is C18H23NO6. The molecule has 0 saturated carbocycles. The molecule has 0 atom stereocenters. The molecule has 0 aromatic heterocycles. The van der Waals surface area contributed by atoms with E-state index in [0.29, 0.717) is 32.5 Å². The molecule has 0 bridgehead atoms. The Morgan fingerprint density at radius 3 is 2.52 bits per heavy atom. The van der Waals surface area contributed by atoms with Crippen LogP contribution < -0.4 is 0 Å². The maximum Gasteiger partial charge on any atom is 0.342 e. The van der Waals surface area contributed by atoms with Crippen molar-refractivity contribution in [1.82, 2.24) is 4.90 Å². The monoisotopic (exact) mass is 349 g/mol. The average Bonchev–Trinajstić information content (AvgIpc) is 2.61. The van der Waals surface area contributed by atoms with Gasteiger partial charge in [0.05, 0.1) is 12.5 Å². The number of phenols is 1. The maximum atomic E-state index is 12.2. The number of phenolic OH excluding ortho intramolecular Hbond substituents is 1. The van der Waals surface area contributed by atoms with Crippen LogP contribution in [0.3, 0.4) is 0 Å². The first-order chi connectivity index (χ1) is 11.9. The summed E-state index contributed by atoms with van der Waals surface area (Å²) in [5.74, 6) is -1.65. The number of carbonyl (C=O) groups excluding carboxylic acids is 3. The predicted molar refractivity (Wildman–Crippen MR) is 89.1 cm³/mol. The lowest BCUT2D eigenvalue weighted by molar-refractivity contribution is -0.151. The van der Waals surface area contributed by atoms with Gasteiger partial charge in [-0.3, -0.25) is 9.59 Å². The Morgan fingerprint density at radius 1 is 1.20 bits per heavy atom. The zero-order chi connectivity index (χ0) is 18.4. The third kappa shape index (κ3) is 4.95. The summed E-state index contributed by atoms with van der Waals surface area (Å²) in [4.78, 5) is 37.4.